The van der Waals surface area contributed by atoms with Gasteiger partial charge < -0.3 is 9.13 Å². The van der Waals surface area contributed by atoms with Gasteiger partial charge in [-0.05, 0) is 118 Å². The van der Waals surface area contributed by atoms with Gasteiger partial charge in [-0.25, -0.2) is 4.85 Å². The van der Waals surface area contributed by atoms with Crippen LogP contribution in [0.1, 0.15) is 11.1 Å². The second-order valence-electron chi connectivity index (χ2n) is 15.6. The number of hydrogen-bond acceptors (Lipinski definition) is 1. The van der Waals surface area contributed by atoms with E-state index in [-0.39, 0.29) is 0 Å². The maximum absolute atomic E-state index is 9.72. The van der Waals surface area contributed by atoms with E-state index in [4.69, 9.17) is 6.57 Å². The SMILES string of the molecule is [C-]#[N+]c1ccc(-n2c3ccccc3c3cc(-c4ccccc4)ccc32)c(-c2ccc(-c3ccc(C#N)cc3C)cc2-n2c3ccccc3c3cc(-c4ccccc4)ccc32)c1. The topological polar surface area (TPSA) is 38.0 Å². The van der Waals surface area contributed by atoms with Crippen molar-refractivity contribution in [1.29, 1.82) is 5.26 Å². The van der Waals surface area contributed by atoms with Crippen molar-refractivity contribution in [2.45, 2.75) is 6.92 Å². The van der Waals surface area contributed by atoms with Crippen LogP contribution in [-0.4, -0.2) is 9.13 Å². The lowest BCUT2D eigenvalue weighted by atomic mass is 9.93. The number of nitrogens with zero attached hydrogens (tertiary/aromatic N) is 4. The van der Waals surface area contributed by atoms with Gasteiger partial charge in [0.05, 0.1) is 51.6 Å². The highest BCUT2D eigenvalue weighted by Gasteiger charge is 2.22. The van der Waals surface area contributed by atoms with Crippen LogP contribution in [0, 0.1) is 24.8 Å². The Bertz CT molecular complexity index is 3610. The van der Waals surface area contributed by atoms with Crippen LogP contribution in [0.25, 0.3) is 104 Å². The van der Waals surface area contributed by atoms with Gasteiger partial charge in [0.2, 0.25) is 0 Å². The highest BCUT2D eigenvalue weighted by Crippen LogP contribution is 2.44. The minimum absolute atomic E-state index is 0.568. The summed E-state index contributed by atoms with van der Waals surface area (Å²) in [4.78, 5) is 3.98. The smallest absolute Gasteiger partial charge is 0.188 e. The highest BCUT2D eigenvalue weighted by molar-refractivity contribution is 6.13. The molecule has 0 radical (unpaired) electrons. The molecule has 0 fully saturated rings. The number of para-hydroxylation sites is 2. The van der Waals surface area contributed by atoms with Crippen LogP contribution < -0.4 is 0 Å². The Kier molecular flexibility index (Phi) is 8.45. The maximum Gasteiger partial charge on any atom is 0.188 e. The molecule has 2 aromatic heterocycles. The molecule has 4 nitrogen and oxygen atoms in total. The van der Waals surface area contributed by atoms with E-state index in [2.05, 4.69) is 203 Å². The van der Waals surface area contributed by atoms with E-state index < -0.39 is 0 Å². The van der Waals surface area contributed by atoms with Crippen molar-refractivity contribution in [3.05, 3.63) is 223 Å². The van der Waals surface area contributed by atoms with E-state index >= 15 is 0 Å². The van der Waals surface area contributed by atoms with Crippen molar-refractivity contribution in [2.24, 2.45) is 0 Å². The molecule has 0 spiro atoms. The number of nitriles is 1. The Labute approximate surface area is 353 Å². The largest absolute Gasteiger partial charge is 0.309 e. The van der Waals surface area contributed by atoms with Crippen LogP contribution in [0.3, 0.4) is 0 Å². The average molecular weight is 777 g/mol. The molecule has 0 bridgehead atoms. The summed E-state index contributed by atoms with van der Waals surface area (Å²) in [6, 6.07) is 72.8. The van der Waals surface area contributed by atoms with Crippen molar-refractivity contribution < 1.29 is 0 Å². The molecule has 0 N–H and O–H groups in total. The molecule has 284 valence electrons. The molecule has 4 heteroatoms. The molecule has 11 aromatic rings. The first-order valence-electron chi connectivity index (χ1n) is 20.4. The Morgan fingerprint density at radius 1 is 0.410 bits per heavy atom. The second kappa shape index (κ2) is 14.4. The zero-order chi connectivity index (χ0) is 41.0. The zero-order valence-corrected chi connectivity index (χ0v) is 33.3. The highest BCUT2D eigenvalue weighted by atomic mass is 15.0. The molecule has 0 saturated heterocycles. The van der Waals surface area contributed by atoms with Gasteiger partial charge in [0.15, 0.2) is 5.69 Å². The lowest BCUT2D eigenvalue weighted by Crippen LogP contribution is -2.02. The zero-order valence-electron chi connectivity index (χ0n) is 33.3. The molecule has 0 unspecified atom stereocenters. The summed E-state index contributed by atoms with van der Waals surface area (Å²) in [6.07, 6.45) is 0. The minimum Gasteiger partial charge on any atom is -0.309 e. The molecule has 0 atom stereocenters. The second-order valence-corrected chi connectivity index (χ2v) is 15.6. The summed E-state index contributed by atoms with van der Waals surface area (Å²) in [5.74, 6) is 0. The maximum atomic E-state index is 9.72. The van der Waals surface area contributed by atoms with Crippen molar-refractivity contribution in [3.8, 4) is 62.0 Å². The van der Waals surface area contributed by atoms with Gasteiger partial charge in [-0.15, -0.1) is 0 Å². The average Bonchev–Trinajstić information content (AvgIpc) is 3.83. The van der Waals surface area contributed by atoms with E-state index in [1.807, 2.05) is 24.3 Å². The Morgan fingerprint density at radius 3 is 1.51 bits per heavy atom. The fraction of sp³-hybridized carbons (Fsp3) is 0.0175. The molecule has 0 saturated carbocycles. The third-order valence-electron chi connectivity index (χ3n) is 12.1. The molecule has 0 aliphatic rings. The molecule has 2 heterocycles. The molecule has 0 aliphatic heterocycles. The van der Waals surface area contributed by atoms with Crippen molar-refractivity contribution in [3.63, 3.8) is 0 Å². The summed E-state index contributed by atoms with van der Waals surface area (Å²) in [5, 5.41) is 14.4. The normalized spacial score (nSPS) is 11.3. The molecular formula is C57H36N4. The van der Waals surface area contributed by atoms with Crippen molar-refractivity contribution in [1.82, 2.24) is 9.13 Å². The van der Waals surface area contributed by atoms with Crippen LogP contribution in [0.4, 0.5) is 5.69 Å². The number of aromatic nitrogens is 2. The summed E-state index contributed by atoms with van der Waals surface area (Å²) < 4.78 is 4.76. The van der Waals surface area contributed by atoms with Crippen LogP contribution in [-0.2, 0) is 0 Å². The van der Waals surface area contributed by atoms with Crippen LogP contribution >= 0.6 is 0 Å². The number of fused-ring (bicyclic) bond motifs is 6. The molecule has 11 rings (SSSR count). The van der Waals surface area contributed by atoms with Gasteiger partial charge >= 0.3 is 0 Å². The molecule has 0 amide bonds. The van der Waals surface area contributed by atoms with Gasteiger partial charge in [0.1, 0.15) is 0 Å². The number of hydrogen-bond donors (Lipinski definition) is 0. The minimum atomic E-state index is 0.568. The first-order chi connectivity index (χ1) is 30.1. The molecule has 0 aliphatic carbocycles. The quantitative estimate of drug-likeness (QED) is 0.155. The number of rotatable bonds is 6. The molecular weight excluding hydrogens is 741 g/mol. The van der Waals surface area contributed by atoms with Gasteiger partial charge in [-0.1, -0.05) is 133 Å². The number of aryl methyl sites for hydroxylation is 1. The lowest BCUT2D eigenvalue weighted by Gasteiger charge is -2.20. The van der Waals surface area contributed by atoms with Crippen LogP contribution in [0.15, 0.2) is 200 Å². The fourth-order valence-corrected chi connectivity index (χ4v) is 9.26. The Morgan fingerprint density at radius 2 is 0.934 bits per heavy atom. The third kappa shape index (κ3) is 5.90. The third-order valence-corrected chi connectivity index (χ3v) is 12.1. The van der Waals surface area contributed by atoms with E-state index in [1.54, 1.807) is 0 Å². The predicted molar refractivity (Wildman–Crippen MR) is 253 cm³/mol. The first-order valence-corrected chi connectivity index (χ1v) is 20.4. The van der Waals surface area contributed by atoms with E-state index in [1.165, 1.54) is 21.9 Å². The van der Waals surface area contributed by atoms with Gasteiger partial charge in [-0.3, -0.25) is 0 Å². The first kappa shape index (κ1) is 35.7. The monoisotopic (exact) mass is 776 g/mol. The van der Waals surface area contributed by atoms with Crippen molar-refractivity contribution in [2.75, 3.05) is 0 Å². The van der Waals surface area contributed by atoms with Gasteiger partial charge in [0, 0.05) is 27.1 Å². The number of benzene rings is 9. The fourth-order valence-electron chi connectivity index (χ4n) is 9.26. The Hall–Kier alpha value is -8.44. The molecule has 9 aromatic carbocycles. The van der Waals surface area contributed by atoms with Crippen molar-refractivity contribution >= 4 is 49.3 Å². The van der Waals surface area contributed by atoms with Gasteiger partial charge in [0.25, 0.3) is 0 Å². The predicted octanol–water partition coefficient (Wildman–Crippen LogP) is 15.3. The van der Waals surface area contributed by atoms with Gasteiger partial charge in [-0.2, -0.15) is 5.26 Å². The summed E-state index contributed by atoms with van der Waals surface area (Å²) in [5.41, 5.74) is 17.3. The van der Waals surface area contributed by atoms with E-state index in [9.17, 15) is 5.26 Å². The van der Waals surface area contributed by atoms with Crippen LogP contribution in [0.2, 0.25) is 0 Å². The summed E-state index contributed by atoms with van der Waals surface area (Å²) in [7, 11) is 0. The lowest BCUT2D eigenvalue weighted by molar-refractivity contribution is 1.16. The van der Waals surface area contributed by atoms with E-state index in [0.29, 0.717) is 11.3 Å². The Balaban J connectivity index is 1.22. The summed E-state index contributed by atoms with van der Waals surface area (Å²) in [6.45, 7) is 10.3. The molecule has 61 heavy (non-hydrogen) atoms. The summed E-state index contributed by atoms with van der Waals surface area (Å²) >= 11 is 0. The van der Waals surface area contributed by atoms with E-state index in [0.717, 1.165) is 83.2 Å². The van der Waals surface area contributed by atoms with Crippen LogP contribution in [0.5, 0.6) is 0 Å². The standard InChI is InChI=1S/C57H36N4/c1-37-31-38(36-58)21-26-45(37)43-22-27-48(57(34-43)61-53-20-12-10-18-47(53)50-33-42(24-29-55(50)61)40-15-7-4-8-16-40)51-35-44(59-2)25-30-56(51)60-52-19-11-9-17-46(52)49-32-41(23-28-54(49)60)39-13-5-3-6-14-39/h3-35H,1H3.